The minimum Gasteiger partial charge on any atom is -0.507 e. The Balaban J connectivity index is 2.13. The number of carbonyl (C=O) groups is 2. The molecule has 0 bridgehead atoms. The van der Waals surface area contributed by atoms with Gasteiger partial charge in [-0.2, -0.15) is 0 Å². The summed E-state index contributed by atoms with van der Waals surface area (Å²) in [5.74, 6) is -0.465. The quantitative estimate of drug-likeness (QED) is 0.399. The highest BCUT2D eigenvalue weighted by Crippen LogP contribution is 2.41. The maximum Gasteiger partial charge on any atom is 0.295 e. The Hall–Kier alpha value is -3.32. The van der Waals surface area contributed by atoms with Crippen molar-refractivity contribution in [1.82, 2.24) is 9.80 Å². The standard InChI is InChI=1S/C24H28N2O5/c1-25(2)13-8-14-26-21(17-11-12-18(30-3)19(15-17)31-4)20(23(28)24(26)29)22(27)16-9-6-5-7-10-16/h5-7,9-12,15,21,27H,8,13-14H2,1-4H3/b22-20+/t21-/m0/s1. The fourth-order valence-electron chi connectivity index (χ4n) is 3.79. The molecule has 1 fully saturated rings. The lowest BCUT2D eigenvalue weighted by Gasteiger charge is -2.26. The first kappa shape index (κ1) is 22.4. The van der Waals surface area contributed by atoms with Gasteiger partial charge in [0, 0.05) is 12.1 Å². The van der Waals surface area contributed by atoms with E-state index in [2.05, 4.69) is 0 Å². The van der Waals surface area contributed by atoms with E-state index in [9.17, 15) is 14.7 Å². The number of ketones is 1. The van der Waals surface area contributed by atoms with Crippen LogP contribution < -0.4 is 9.47 Å². The first-order chi connectivity index (χ1) is 14.9. The number of aliphatic hydroxyl groups excluding tert-OH is 1. The summed E-state index contributed by atoms with van der Waals surface area (Å²) in [6, 6.07) is 13.3. The Morgan fingerprint density at radius 1 is 1.03 bits per heavy atom. The van der Waals surface area contributed by atoms with Crippen molar-refractivity contribution in [1.29, 1.82) is 0 Å². The molecule has 0 aliphatic carbocycles. The predicted octanol–water partition coefficient (Wildman–Crippen LogP) is 3.08. The number of aliphatic hydroxyl groups is 1. The molecule has 1 aliphatic rings. The number of methoxy groups -OCH3 is 2. The molecule has 31 heavy (non-hydrogen) atoms. The molecular weight excluding hydrogens is 396 g/mol. The molecule has 0 saturated carbocycles. The molecule has 7 nitrogen and oxygen atoms in total. The molecule has 1 heterocycles. The number of hydrogen-bond acceptors (Lipinski definition) is 6. The molecule has 2 aromatic rings. The van der Waals surface area contributed by atoms with Crippen molar-refractivity contribution in [3.05, 3.63) is 65.2 Å². The second kappa shape index (κ2) is 9.66. The summed E-state index contributed by atoms with van der Waals surface area (Å²) < 4.78 is 10.7. The average Bonchev–Trinajstić information content (AvgIpc) is 3.03. The molecular formula is C24H28N2O5. The fraction of sp³-hybridized carbons (Fsp3) is 0.333. The summed E-state index contributed by atoms with van der Waals surface area (Å²) in [5.41, 5.74) is 1.23. The number of benzene rings is 2. The number of nitrogens with zero attached hydrogens (tertiary/aromatic N) is 2. The smallest absolute Gasteiger partial charge is 0.295 e. The van der Waals surface area contributed by atoms with Crippen molar-refractivity contribution in [2.45, 2.75) is 12.5 Å². The van der Waals surface area contributed by atoms with Crippen LogP contribution in [0.4, 0.5) is 0 Å². The number of carbonyl (C=O) groups excluding carboxylic acids is 2. The van der Waals surface area contributed by atoms with Crippen LogP contribution in [0.5, 0.6) is 11.5 Å². The van der Waals surface area contributed by atoms with Gasteiger partial charge in [0.1, 0.15) is 5.76 Å². The summed E-state index contributed by atoms with van der Waals surface area (Å²) >= 11 is 0. The summed E-state index contributed by atoms with van der Waals surface area (Å²) in [5, 5.41) is 11.0. The average molecular weight is 424 g/mol. The molecule has 0 spiro atoms. The van der Waals surface area contributed by atoms with E-state index in [-0.39, 0.29) is 11.3 Å². The Labute approximate surface area is 182 Å². The summed E-state index contributed by atoms with van der Waals surface area (Å²) in [6.45, 7) is 1.15. The van der Waals surface area contributed by atoms with Gasteiger partial charge in [-0.25, -0.2) is 0 Å². The van der Waals surface area contributed by atoms with Gasteiger partial charge in [0.25, 0.3) is 11.7 Å². The SMILES string of the molecule is COc1ccc([C@H]2/C(=C(\O)c3ccccc3)C(=O)C(=O)N2CCCN(C)C)cc1OC. The minimum absolute atomic E-state index is 0.0771. The van der Waals surface area contributed by atoms with Crippen molar-refractivity contribution in [3.63, 3.8) is 0 Å². The van der Waals surface area contributed by atoms with E-state index in [0.717, 1.165) is 6.54 Å². The van der Waals surface area contributed by atoms with Crippen LogP contribution in [-0.2, 0) is 9.59 Å². The van der Waals surface area contributed by atoms with Gasteiger partial charge in [0.2, 0.25) is 0 Å². The predicted molar refractivity (Wildman–Crippen MR) is 118 cm³/mol. The zero-order valence-electron chi connectivity index (χ0n) is 18.3. The normalized spacial score (nSPS) is 18.0. The first-order valence-electron chi connectivity index (χ1n) is 10.1. The molecule has 0 radical (unpaired) electrons. The third-order valence-corrected chi connectivity index (χ3v) is 5.31. The van der Waals surface area contributed by atoms with E-state index in [4.69, 9.17) is 9.47 Å². The van der Waals surface area contributed by atoms with E-state index < -0.39 is 17.7 Å². The van der Waals surface area contributed by atoms with E-state index in [0.29, 0.717) is 35.6 Å². The Bertz CT molecular complexity index is 985. The van der Waals surface area contributed by atoms with Gasteiger partial charge in [-0.05, 0) is 44.8 Å². The van der Waals surface area contributed by atoms with Gasteiger partial charge in [0.05, 0.1) is 25.8 Å². The Kier molecular flexibility index (Phi) is 6.97. The molecule has 0 unspecified atom stereocenters. The zero-order valence-corrected chi connectivity index (χ0v) is 18.3. The second-order valence-electron chi connectivity index (χ2n) is 7.63. The van der Waals surface area contributed by atoms with Crippen molar-refractivity contribution >= 4 is 17.4 Å². The number of amides is 1. The summed E-state index contributed by atoms with van der Waals surface area (Å²) in [4.78, 5) is 29.5. The van der Waals surface area contributed by atoms with E-state index in [1.807, 2.05) is 25.1 Å². The van der Waals surface area contributed by atoms with Gasteiger partial charge in [0.15, 0.2) is 11.5 Å². The maximum absolute atomic E-state index is 13.0. The minimum atomic E-state index is -0.720. The third kappa shape index (κ3) is 4.56. The number of likely N-dealkylation sites (tertiary alicyclic amines) is 1. The Morgan fingerprint density at radius 2 is 1.71 bits per heavy atom. The van der Waals surface area contributed by atoms with Crippen molar-refractivity contribution in [3.8, 4) is 11.5 Å². The lowest BCUT2D eigenvalue weighted by molar-refractivity contribution is -0.139. The number of rotatable bonds is 8. The first-order valence-corrected chi connectivity index (χ1v) is 10.1. The highest BCUT2D eigenvalue weighted by Gasteiger charge is 2.46. The topological polar surface area (TPSA) is 79.3 Å². The van der Waals surface area contributed by atoms with Gasteiger partial charge in [-0.1, -0.05) is 36.4 Å². The molecule has 0 aromatic heterocycles. The lowest BCUT2D eigenvalue weighted by atomic mass is 9.95. The van der Waals surface area contributed by atoms with Crippen LogP contribution in [0.3, 0.4) is 0 Å². The highest BCUT2D eigenvalue weighted by molar-refractivity contribution is 6.46. The van der Waals surface area contributed by atoms with Gasteiger partial charge >= 0.3 is 0 Å². The van der Waals surface area contributed by atoms with Crippen LogP contribution in [0.1, 0.15) is 23.6 Å². The zero-order chi connectivity index (χ0) is 22.5. The van der Waals surface area contributed by atoms with E-state index in [1.54, 1.807) is 49.6 Å². The van der Waals surface area contributed by atoms with Gasteiger partial charge in [-0.15, -0.1) is 0 Å². The van der Waals surface area contributed by atoms with E-state index >= 15 is 0 Å². The number of Topliss-reactive ketones (excluding diaryl/α,β-unsaturated/α-hetero) is 1. The van der Waals surface area contributed by atoms with Crippen LogP contribution in [0.25, 0.3) is 5.76 Å². The second-order valence-corrected chi connectivity index (χ2v) is 7.63. The molecule has 164 valence electrons. The Morgan fingerprint density at radius 3 is 2.32 bits per heavy atom. The summed E-state index contributed by atoms with van der Waals surface area (Å²) in [7, 11) is 6.98. The molecule has 2 aromatic carbocycles. The van der Waals surface area contributed by atoms with Crippen LogP contribution >= 0.6 is 0 Å². The molecule has 1 amide bonds. The molecule has 1 saturated heterocycles. The molecule has 1 atom stereocenters. The van der Waals surface area contributed by atoms with Crippen molar-refractivity contribution in [2.75, 3.05) is 41.4 Å². The third-order valence-electron chi connectivity index (χ3n) is 5.31. The fourth-order valence-corrected chi connectivity index (χ4v) is 3.79. The molecule has 7 heteroatoms. The summed E-state index contributed by atoms with van der Waals surface area (Å²) in [6.07, 6.45) is 0.690. The van der Waals surface area contributed by atoms with Crippen LogP contribution in [-0.4, -0.2) is 68.0 Å². The van der Waals surface area contributed by atoms with E-state index in [1.165, 1.54) is 12.0 Å². The van der Waals surface area contributed by atoms with Gasteiger partial charge in [-0.3, -0.25) is 9.59 Å². The van der Waals surface area contributed by atoms with Crippen molar-refractivity contribution in [2.24, 2.45) is 0 Å². The van der Waals surface area contributed by atoms with Crippen molar-refractivity contribution < 1.29 is 24.2 Å². The monoisotopic (exact) mass is 424 g/mol. The van der Waals surface area contributed by atoms with Gasteiger partial charge < -0.3 is 24.4 Å². The van der Waals surface area contributed by atoms with Crippen LogP contribution in [0.15, 0.2) is 54.1 Å². The van der Waals surface area contributed by atoms with Crippen LogP contribution in [0.2, 0.25) is 0 Å². The van der Waals surface area contributed by atoms with Crippen LogP contribution in [0, 0.1) is 0 Å². The highest BCUT2D eigenvalue weighted by atomic mass is 16.5. The largest absolute Gasteiger partial charge is 0.507 e. The molecule has 1 N–H and O–H groups in total. The molecule has 1 aliphatic heterocycles. The number of hydrogen-bond donors (Lipinski definition) is 1. The lowest BCUT2D eigenvalue weighted by Crippen LogP contribution is -2.32. The maximum atomic E-state index is 13.0. The number of ether oxygens (including phenoxy) is 2. The molecule has 3 rings (SSSR count).